The molecule has 0 saturated heterocycles. The third-order valence-electron chi connectivity index (χ3n) is 2.31. The van der Waals surface area contributed by atoms with Crippen LogP contribution in [0.4, 0.5) is 24.7 Å². The molecule has 2 rings (SSSR count). The summed E-state index contributed by atoms with van der Waals surface area (Å²) in [4.78, 5) is 18.6. The van der Waals surface area contributed by atoms with Crippen LogP contribution < -0.4 is 5.32 Å². The summed E-state index contributed by atoms with van der Waals surface area (Å²) in [7, 11) is 1.18. The first-order chi connectivity index (χ1) is 9.51. The van der Waals surface area contributed by atoms with Crippen LogP contribution in [0.3, 0.4) is 0 Å². The van der Waals surface area contributed by atoms with Crippen LogP contribution in [-0.4, -0.2) is 23.0 Å². The average Bonchev–Trinajstić information content (AvgIpc) is 2.42. The monoisotopic (exact) mass is 283 g/mol. The molecular weight excluding hydrogens is 275 g/mol. The maximum absolute atomic E-state index is 13.4. The number of benzene rings is 1. The zero-order chi connectivity index (χ0) is 14.7. The van der Waals surface area contributed by atoms with E-state index in [2.05, 4.69) is 20.0 Å². The van der Waals surface area contributed by atoms with E-state index in [4.69, 9.17) is 0 Å². The van der Waals surface area contributed by atoms with Gasteiger partial charge in [-0.15, -0.1) is 0 Å². The first kappa shape index (κ1) is 13.8. The van der Waals surface area contributed by atoms with Crippen LogP contribution in [0.1, 0.15) is 10.5 Å². The summed E-state index contributed by atoms with van der Waals surface area (Å²) in [5, 5.41) is 2.31. The Balaban J connectivity index is 2.25. The molecule has 104 valence electrons. The van der Waals surface area contributed by atoms with E-state index in [1.165, 1.54) is 7.11 Å². The van der Waals surface area contributed by atoms with Crippen molar-refractivity contribution < 1.29 is 22.7 Å². The van der Waals surface area contributed by atoms with Crippen molar-refractivity contribution in [2.45, 2.75) is 0 Å². The maximum Gasteiger partial charge on any atom is 0.358 e. The molecular formula is C12H8F3N3O2. The standard InChI is InChI=1S/C12H8F3N3O2/c1-20-12(19)9-4-17-10(5-16-9)18-11-7(14)2-6(13)3-8(11)15/h2-5H,1H3,(H,17,18). The van der Waals surface area contributed by atoms with Crippen LogP contribution >= 0.6 is 0 Å². The third-order valence-corrected chi connectivity index (χ3v) is 2.31. The molecule has 1 N–H and O–H groups in total. The SMILES string of the molecule is COC(=O)c1cnc(Nc2c(F)cc(F)cc2F)cn1. The fourth-order valence-corrected chi connectivity index (χ4v) is 1.39. The molecule has 0 saturated carbocycles. The molecule has 0 bridgehead atoms. The summed E-state index contributed by atoms with van der Waals surface area (Å²) in [6.45, 7) is 0. The van der Waals surface area contributed by atoms with Gasteiger partial charge >= 0.3 is 5.97 Å². The molecule has 0 atom stereocenters. The summed E-state index contributed by atoms with van der Waals surface area (Å²) in [5.41, 5.74) is -0.621. The summed E-state index contributed by atoms with van der Waals surface area (Å²) < 4.78 is 44.0. The number of nitrogens with one attached hydrogen (secondary N) is 1. The van der Waals surface area contributed by atoms with Gasteiger partial charge in [0.15, 0.2) is 17.3 Å². The Morgan fingerprint density at radius 2 is 1.80 bits per heavy atom. The molecule has 5 nitrogen and oxygen atoms in total. The molecule has 0 amide bonds. The molecule has 1 aromatic heterocycles. The van der Waals surface area contributed by atoms with Gasteiger partial charge in [0.2, 0.25) is 0 Å². The predicted octanol–water partition coefficient (Wildman–Crippen LogP) is 2.42. The van der Waals surface area contributed by atoms with Gasteiger partial charge in [0, 0.05) is 12.1 Å². The number of aromatic nitrogens is 2. The second-order valence-electron chi connectivity index (χ2n) is 3.65. The quantitative estimate of drug-likeness (QED) is 0.876. The van der Waals surface area contributed by atoms with Crippen molar-refractivity contribution in [3.05, 3.63) is 47.7 Å². The van der Waals surface area contributed by atoms with Gasteiger partial charge in [-0.1, -0.05) is 0 Å². The fraction of sp³-hybridized carbons (Fsp3) is 0.0833. The number of carbonyl (C=O) groups is 1. The summed E-state index contributed by atoms with van der Waals surface area (Å²) >= 11 is 0. The number of hydrogen-bond donors (Lipinski definition) is 1. The molecule has 8 heteroatoms. The molecule has 0 radical (unpaired) electrons. The van der Waals surface area contributed by atoms with Crippen molar-refractivity contribution in [2.75, 3.05) is 12.4 Å². The van der Waals surface area contributed by atoms with E-state index in [9.17, 15) is 18.0 Å². The van der Waals surface area contributed by atoms with Gasteiger partial charge in [-0.25, -0.2) is 27.9 Å². The minimum absolute atomic E-state index is 0.0120. The number of esters is 1. The highest BCUT2D eigenvalue weighted by Gasteiger charge is 2.13. The fourth-order valence-electron chi connectivity index (χ4n) is 1.39. The number of carbonyl (C=O) groups excluding carboxylic acids is 1. The first-order valence-corrected chi connectivity index (χ1v) is 5.33. The molecule has 1 aromatic carbocycles. The number of ether oxygens (including phenoxy) is 1. The van der Waals surface area contributed by atoms with Gasteiger partial charge in [-0.05, 0) is 0 Å². The lowest BCUT2D eigenvalue weighted by Gasteiger charge is -2.08. The lowest BCUT2D eigenvalue weighted by atomic mass is 10.3. The number of methoxy groups -OCH3 is 1. The lowest BCUT2D eigenvalue weighted by molar-refractivity contribution is 0.0593. The van der Waals surface area contributed by atoms with E-state index < -0.39 is 29.1 Å². The van der Waals surface area contributed by atoms with Crippen LogP contribution in [0.15, 0.2) is 24.5 Å². The second-order valence-corrected chi connectivity index (χ2v) is 3.65. The molecule has 0 fully saturated rings. The van der Waals surface area contributed by atoms with Crippen molar-refractivity contribution in [2.24, 2.45) is 0 Å². The maximum atomic E-state index is 13.4. The normalized spacial score (nSPS) is 10.2. The largest absolute Gasteiger partial charge is 0.464 e. The summed E-state index contributed by atoms with van der Waals surface area (Å²) in [6, 6.07) is 1.06. The van der Waals surface area contributed by atoms with Crippen molar-refractivity contribution >= 4 is 17.5 Å². The zero-order valence-electron chi connectivity index (χ0n) is 10.2. The number of nitrogens with zero attached hydrogens (tertiary/aromatic N) is 2. The number of halogens is 3. The van der Waals surface area contributed by atoms with E-state index >= 15 is 0 Å². The number of rotatable bonds is 3. The Morgan fingerprint density at radius 3 is 2.30 bits per heavy atom. The Hall–Kier alpha value is -2.64. The summed E-state index contributed by atoms with van der Waals surface area (Å²) in [6.07, 6.45) is 2.17. The minimum Gasteiger partial charge on any atom is -0.464 e. The number of hydrogen-bond acceptors (Lipinski definition) is 5. The van der Waals surface area contributed by atoms with E-state index in [-0.39, 0.29) is 11.5 Å². The minimum atomic E-state index is -1.11. The smallest absolute Gasteiger partial charge is 0.358 e. The van der Waals surface area contributed by atoms with Crippen LogP contribution in [-0.2, 0) is 4.74 Å². The molecule has 0 aliphatic heterocycles. The molecule has 0 unspecified atom stereocenters. The van der Waals surface area contributed by atoms with Gasteiger partial charge in [0.25, 0.3) is 0 Å². The van der Waals surface area contributed by atoms with Gasteiger partial charge < -0.3 is 10.1 Å². The highest BCUT2D eigenvalue weighted by Crippen LogP contribution is 2.23. The number of anilines is 2. The molecule has 0 aliphatic carbocycles. The van der Waals surface area contributed by atoms with Gasteiger partial charge in [0.1, 0.15) is 17.3 Å². The zero-order valence-corrected chi connectivity index (χ0v) is 10.2. The van der Waals surface area contributed by atoms with Crippen LogP contribution in [0.5, 0.6) is 0 Å². The van der Waals surface area contributed by atoms with Crippen molar-refractivity contribution in [3.63, 3.8) is 0 Å². The van der Waals surface area contributed by atoms with E-state index in [0.717, 1.165) is 12.4 Å². The van der Waals surface area contributed by atoms with E-state index in [1.807, 2.05) is 0 Å². The molecule has 0 aliphatic rings. The highest BCUT2D eigenvalue weighted by atomic mass is 19.1. The van der Waals surface area contributed by atoms with Crippen molar-refractivity contribution in [1.29, 1.82) is 0 Å². The van der Waals surface area contributed by atoms with Crippen LogP contribution in [0.2, 0.25) is 0 Å². The van der Waals surface area contributed by atoms with Gasteiger partial charge in [0.05, 0.1) is 19.5 Å². The van der Waals surface area contributed by atoms with Gasteiger partial charge in [-0.3, -0.25) is 0 Å². The second kappa shape index (κ2) is 5.55. The van der Waals surface area contributed by atoms with Crippen molar-refractivity contribution in [3.8, 4) is 0 Å². The molecule has 2 aromatic rings. The molecule has 20 heavy (non-hydrogen) atoms. The predicted molar refractivity (Wildman–Crippen MR) is 63.0 cm³/mol. The highest BCUT2D eigenvalue weighted by molar-refractivity contribution is 5.86. The van der Waals surface area contributed by atoms with Crippen LogP contribution in [0.25, 0.3) is 0 Å². The lowest BCUT2D eigenvalue weighted by Crippen LogP contribution is -2.06. The summed E-state index contributed by atoms with van der Waals surface area (Å²) in [5.74, 6) is -3.95. The first-order valence-electron chi connectivity index (χ1n) is 5.33. The van der Waals surface area contributed by atoms with Gasteiger partial charge in [-0.2, -0.15) is 0 Å². The van der Waals surface area contributed by atoms with Crippen molar-refractivity contribution in [1.82, 2.24) is 9.97 Å². The van der Waals surface area contributed by atoms with E-state index in [1.54, 1.807) is 0 Å². The third kappa shape index (κ3) is 2.85. The molecule has 0 spiro atoms. The Bertz CT molecular complexity index is 624. The Kier molecular flexibility index (Phi) is 3.83. The Labute approximate surface area is 111 Å². The Morgan fingerprint density at radius 1 is 1.15 bits per heavy atom. The molecule has 1 heterocycles. The van der Waals surface area contributed by atoms with E-state index in [0.29, 0.717) is 12.1 Å². The van der Waals surface area contributed by atoms with Crippen LogP contribution in [0, 0.1) is 17.5 Å². The average molecular weight is 283 g/mol. The topological polar surface area (TPSA) is 64.1 Å².